The van der Waals surface area contributed by atoms with Gasteiger partial charge in [0.25, 0.3) is 0 Å². The van der Waals surface area contributed by atoms with Gasteiger partial charge in [0.15, 0.2) is 6.29 Å². The summed E-state index contributed by atoms with van der Waals surface area (Å²) in [4.78, 5) is 22.9. The first-order valence-electron chi connectivity index (χ1n) is 11.8. The van der Waals surface area contributed by atoms with E-state index in [1.165, 1.54) is 0 Å². The van der Waals surface area contributed by atoms with Crippen LogP contribution >= 0.6 is 11.8 Å². The van der Waals surface area contributed by atoms with Gasteiger partial charge in [-0.1, -0.05) is 36.4 Å². The maximum atomic E-state index is 12.3. The first kappa shape index (κ1) is 27.2. The number of hydrogen-bond acceptors (Lipinski definition) is 7. The Morgan fingerprint density at radius 2 is 1.77 bits per heavy atom. The van der Waals surface area contributed by atoms with Crippen LogP contribution in [0.1, 0.15) is 61.2 Å². The molecule has 1 saturated heterocycles. The van der Waals surface area contributed by atoms with E-state index < -0.39 is 12.3 Å². The Balaban J connectivity index is 1.68. The third-order valence-electron chi connectivity index (χ3n) is 5.64. The zero-order chi connectivity index (χ0) is 25.0. The van der Waals surface area contributed by atoms with Gasteiger partial charge in [0.1, 0.15) is 0 Å². The Bertz CT molecular complexity index is 953. The molecule has 2 aromatic rings. The average Bonchev–Trinajstić information content (AvgIpc) is 2.87. The van der Waals surface area contributed by atoms with Crippen LogP contribution in [-0.2, 0) is 25.7 Å². The van der Waals surface area contributed by atoms with Crippen LogP contribution in [0.5, 0.6) is 0 Å². The topological polar surface area (TPSA) is 125 Å². The number of carboxylic acid groups (broad SMARTS) is 1. The molecule has 2 aromatic carbocycles. The second-order valence-electron chi connectivity index (χ2n) is 8.42. The van der Waals surface area contributed by atoms with Gasteiger partial charge in [0, 0.05) is 42.0 Å². The van der Waals surface area contributed by atoms with Crippen LogP contribution in [0.4, 0.5) is 5.69 Å². The number of aliphatic hydroxyl groups is 2. The molecule has 3 rings (SSSR count). The lowest BCUT2D eigenvalue weighted by Gasteiger charge is -2.36. The maximum absolute atomic E-state index is 12.3. The SMILES string of the molecule is O=C(O)CCCCC(=O)Nc1cccc([C@H]2O[C@@H](CSCCO)C[C@@H](c3ccc(CO)cc3)O2)c1. The fourth-order valence-electron chi connectivity index (χ4n) is 3.85. The Labute approximate surface area is 209 Å². The molecular weight excluding hydrogens is 470 g/mol. The van der Waals surface area contributed by atoms with Crippen LogP contribution in [0.2, 0.25) is 0 Å². The number of aliphatic carboxylic acids is 1. The molecule has 1 amide bonds. The summed E-state index contributed by atoms with van der Waals surface area (Å²) >= 11 is 1.63. The monoisotopic (exact) mass is 503 g/mol. The molecule has 1 heterocycles. The van der Waals surface area contributed by atoms with Crippen LogP contribution in [0.15, 0.2) is 48.5 Å². The molecule has 190 valence electrons. The van der Waals surface area contributed by atoms with Gasteiger partial charge in [-0.2, -0.15) is 11.8 Å². The normalized spacial score (nSPS) is 19.9. The van der Waals surface area contributed by atoms with E-state index in [1.807, 2.05) is 42.5 Å². The lowest BCUT2D eigenvalue weighted by molar-refractivity contribution is -0.245. The number of aliphatic hydroxyl groups excluding tert-OH is 2. The lowest BCUT2D eigenvalue weighted by Crippen LogP contribution is -2.31. The fourth-order valence-corrected chi connectivity index (χ4v) is 4.62. The summed E-state index contributed by atoms with van der Waals surface area (Å²) in [6, 6.07) is 15.0. The van der Waals surface area contributed by atoms with Crippen molar-refractivity contribution in [1.29, 1.82) is 0 Å². The molecule has 0 unspecified atom stereocenters. The second-order valence-corrected chi connectivity index (χ2v) is 9.57. The predicted octanol–water partition coefficient (Wildman–Crippen LogP) is 4.03. The molecule has 0 bridgehead atoms. The molecule has 9 heteroatoms. The summed E-state index contributed by atoms with van der Waals surface area (Å²) in [5, 5.41) is 30.0. The van der Waals surface area contributed by atoms with Crippen molar-refractivity contribution in [3.63, 3.8) is 0 Å². The Morgan fingerprint density at radius 1 is 1.00 bits per heavy atom. The van der Waals surface area contributed by atoms with Crippen LogP contribution in [-0.4, -0.2) is 51.4 Å². The smallest absolute Gasteiger partial charge is 0.303 e. The largest absolute Gasteiger partial charge is 0.481 e. The molecule has 0 spiro atoms. The molecule has 1 fully saturated rings. The molecule has 4 N–H and O–H groups in total. The van der Waals surface area contributed by atoms with Crippen molar-refractivity contribution in [1.82, 2.24) is 0 Å². The van der Waals surface area contributed by atoms with Crippen molar-refractivity contribution >= 4 is 29.3 Å². The number of thioether (sulfide) groups is 1. The standard InChI is InChI=1S/C26H33NO7S/c28-12-13-35-17-22-15-23(19-10-8-18(16-29)9-11-19)34-26(33-22)20-4-3-5-21(14-20)27-24(30)6-1-2-7-25(31)32/h3-5,8-11,14,22-23,26,28-29H,1-2,6-7,12-13,15-17H2,(H,27,30)(H,31,32)/t22-,23+,26+/m1/s1. The van der Waals surface area contributed by atoms with Crippen molar-refractivity contribution in [3.8, 4) is 0 Å². The van der Waals surface area contributed by atoms with Gasteiger partial charge in [-0.15, -0.1) is 0 Å². The van der Waals surface area contributed by atoms with Crippen molar-refractivity contribution in [2.45, 2.75) is 57.2 Å². The van der Waals surface area contributed by atoms with Crippen molar-refractivity contribution < 1.29 is 34.4 Å². The number of ether oxygens (including phenoxy) is 2. The number of rotatable bonds is 13. The Morgan fingerprint density at radius 3 is 2.49 bits per heavy atom. The number of carbonyl (C=O) groups excluding carboxylic acids is 1. The number of carbonyl (C=O) groups is 2. The summed E-state index contributed by atoms with van der Waals surface area (Å²) in [7, 11) is 0. The van der Waals surface area contributed by atoms with Gasteiger partial charge in [-0.3, -0.25) is 9.59 Å². The van der Waals surface area contributed by atoms with E-state index in [9.17, 15) is 14.7 Å². The number of nitrogens with one attached hydrogen (secondary N) is 1. The molecule has 8 nitrogen and oxygen atoms in total. The first-order valence-corrected chi connectivity index (χ1v) is 12.9. The molecule has 0 saturated carbocycles. The van der Waals surface area contributed by atoms with E-state index in [-0.39, 0.29) is 44.2 Å². The summed E-state index contributed by atoms with van der Waals surface area (Å²) in [5.41, 5.74) is 3.23. The summed E-state index contributed by atoms with van der Waals surface area (Å²) in [6.45, 7) is 0.0947. The Kier molecular flexibility index (Phi) is 11.0. The first-order chi connectivity index (χ1) is 17.0. The van der Waals surface area contributed by atoms with Gasteiger partial charge in [0.2, 0.25) is 5.91 Å². The van der Waals surface area contributed by atoms with Crippen molar-refractivity contribution in [2.75, 3.05) is 23.4 Å². The van der Waals surface area contributed by atoms with Crippen LogP contribution in [0, 0.1) is 0 Å². The van der Waals surface area contributed by atoms with E-state index in [1.54, 1.807) is 17.8 Å². The van der Waals surface area contributed by atoms with E-state index in [0.717, 1.165) is 22.4 Å². The molecule has 1 aliphatic rings. The highest BCUT2D eigenvalue weighted by Crippen LogP contribution is 2.39. The quantitative estimate of drug-likeness (QED) is 0.302. The van der Waals surface area contributed by atoms with Gasteiger partial charge >= 0.3 is 5.97 Å². The van der Waals surface area contributed by atoms with Gasteiger partial charge in [-0.05, 0) is 36.1 Å². The summed E-state index contributed by atoms with van der Waals surface area (Å²) in [5.74, 6) is 0.327. The van der Waals surface area contributed by atoms with Gasteiger partial charge in [0.05, 0.1) is 25.4 Å². The van der Waals surface area contributed by atoms with Crippen LogP contribution in [0.3, 0.4) is 0 Å². The van der Waals surface area contributed by atoms with E-state index in [0.29, 0.717) is 30.7 Å². The van der Waals surface area contributed by atoms with Crippen LogP contribution in [0.25, 0.3) is 0 Å². The second kappa shape index (κ2) is 14.2. The Hall–Kier alpha value is -2.43. The average molecular weight is 504 g/mol. The minimum Gasteiger partial charge on any atom is -0.481 e. The third-order valence-corrected chi connectivity index (χ3v) is 6.72. The highest BCUT2D eigenvalue weighted by atomic mass is 32.2. The summed E-state index contributed by atoms with van der Waals surface area (Å²) < 4.78 is 12.6. The number of carboxylic acids is 1. The molecule has 0 radical (unpaired) electrons. The zero-order valence-corrected chi connectivity index (χ0v) is 20.4. The van der Waals surface area contributed by atoms with Crippen molar-refractivity contribution in [3.05, 3.63) is 65.2 Å². The van der Waals surface area contributed by atoms with E-state index in [4.69, 9.17) is 19.7 Å². The number of amides is 1. The zero-order valence-electron chi connectivity index (χ0n) is 19.6. The maximum Gasteiger partial charge on any atom is 0.303 e. The highest BCUT2D eigenvalue weighted by Gasteiger charge is 2.32. The summed E-state index contributed by atoms with van der Waals surface area (Å²) in [6.07, 6.45) is 1.04. The van der Waals surface area contributed by atoms with Gasteiger partial charge in [-0.25, -0.2) is 0 Å². The van der Waals surface area contributed by atoms with Crippen molar-refractivity contribution in [2.24, 2.45) is 0 Å². The minimum atomic E-state index is -0.860. The van der Waals surface area contributed by atoms with Crippen LogP contribution < -0.4 is 5.32 Å². The molecule has 35 heavy (non-hydrogen) atoms. The number of anilines is 1. The molecular formula is C26H33NO7S. The number of benzene rings is 2. The van der Waals surface area contributed by atoms with E-state index in [2.05, 4.69) is 5.32 Å². The minimum absolute atomic E-state index is 0.0178. The predicted molar refractivity (Wildman–Crippen MR) is 134 cm³/mol. The molecule has 1 aliphatic heterocycles. The molecule has 3 atom stereocenters. The lowest BCUT2D eigenvalue weighted by atomic mass is 10.0. The molecule has 0 aliphatic carbocycles. The number of unbranched alkanes of at least 4 members (excludes halogenated alkanes) is 1. The number of hydrogen-bond donors (Lipinski definition) is 4. The fraction of sp³-hybridized carbons (Fsp3) is 0.462. The van der Waals surface area contributed by atoms with E-state index >= 15 is 0 Å². The van der Waals surface area contributed by atoms with Gasteiger partial charge < -0.3 is 30.1 Å². The highest BCUT2D eigenvalue weighted by molar-refractivity contribution is 7.99. The molecule has 0 aromatic heterocycles. The third kappa shape index (κ3) is 8.94.